The van der Waals surface area contributed by atoms with Crippen molar-refractivity contribution in [2.45, 2.75) is 20.1 Å². The Bertz CT molecular complexity index is 1080. The van der Waals surface area contributed by atoms with Crippen molar-refractivity contribution in [3.63, 3.8) is 0 Å². The summed E-state index contributed by atoms with van der Waals surface area (Å²) in [6, 6.07) is 21.6. The minimum Gasteiger partial charge on any atom is -0.489 e. The summed E-state index contributed by atoms with van der Waals surface area (Å²) in [5.41, 5.74) is 4.00. The first-order chi connectivity index (χ1) is 15.5. The van der Waals surface area contributed by atoms with Crippen LogP contribution in [0, 0.1) is 6.92 Å². The SMILES string of the molecule is Cc1cc(OCc2ccc(C(=O)N3CCN(Cc4ccccc4Br)CC3)cc2)ccc1Cl. The van der Waals surface area contributed by atoms with E-state index < -0.39 is 0 Å². The van der Waals surface area contributed by atoms with Crippen molar-refractivity contribution in [2.24, 2.45) is 0 Å². The molecular formula is C26H26BrClN2O2. The summed E-state index contributed by atoms with van der Waals surface area (Å²) >= 11 is 9.68. The number of piperazine rings is 1. The molecule has 0 atom stereocenters. The summed E-state index contributed by atoms with van der Waals surface area (Å²) in [5.74, 6) is 0.874. The predicted molar refractivity (Wildman–Crippen MR) is 132 cm³/mol. The Balaban J connectivity index is 1.28. The zero-order valence-electron chi connectivity index (χ0n) is 18.1. The van der Waals surface area contributed by atoms with Gasteiger partial charge in [0.15, 0.2) is 0 Å². The highest BCUT2D eigenvalue weighted by Gasteiger charge is 2.22. The second kappa shape index (κ2) is 10.5. The number of amides is 1. The summed E-state index contributed by atoms with van der Waals surface area (Å²) in [5, 5.41) is 0.731. The lowest BCUT2D eigenvalue weighted by Gasteiger charge is -2.35. The largest absolute Gasteiger partial charge is 0.489 e. The van der Waals surface area contributed by atoms with Gasteiger partial charge in [0.1, 0.15) is 12.4 Å². The summed E-state index contributed by atoms with van der Waals surface area (Å²) < 4.78 is 6.98. The molecule has 1 fully saturated rings. The molecule has 0 radical (unpaired) electrons. The van der Waals surface area contributed by atoms with Gasteiger partial charge < -0.3 is 9.64 Å². The van der Waals surface area contributed by atoms with E-state index in [1.807, 2.05) is 60.4 Å². The van der Waals surface area contributed by atoms with Crippen molar-refractivity contribution in [3.8, 4) is 5.75 Å². The number of nitrogens with zero attached hydrogens (tertiary/aromatic N) is 2. The van der Waals surface area contributed by atoms with E-state index in [0.717, 1.165) is 64.7 Å². The van der Waals surface area contributed by atoms with Gasteiger partial charge in [0.25, 0.3) is 5.91 Å². The predicted octanol–water partition coefficient (Wildman–Crippen LogP) is 5.95. The molecule has 32 heavy (non-hydrogen) atoms. The van der Waals surface area contributed by atoms with E-state index in [1.165, 1.54) is 5.56 Å². The summed E-state index contributed by atoms with van der Waals surface area (Å²) in [6.07, 6.45) is 0. The minimum absolute atomic E-state index is 0.0892. The smallest absolute Gasteiger partial charge is 0.253 e. The second-order valence-corrected chi connectivity index (χ2v) is 9.32. The molecule has 0 aromatic heterocycles. The maximum Gasteiger partial charge on any atom is 0.253 e. The van der Waals surface area contributed by atoms with Gasteiger partial charge in [-0.05, 0) is 60.0 Å². The number of ether oxygens (including phenoxy) is 1. The number of benzene rings is 3. The fourth-order valence-electron chi connectivity index (χ4n) is 3.78. The van der Waals surface area contributed by atoms with Gasteiger partial charge in [0.2, 0.25) is 0 Å². The van der Waals surface area contributed by atoms with Crippen LogP contribution in [-0.2, 0) is 13.2 Å². The van der Waals surface area contributed by atoms with Gasteiger partial charge in [-0.2, -0.15) is 0 Å². The van der Waals surface area contributed by atoms with Crippen LogP contribution in [0.2, 0.25) is 5.02 Å². The highest BCUT2D eigenvalue weighted by atomic mass is 79.9. The Hall–Kier alpha value is -2.34. The fourth-order valence-corrected chi connectivity index (χ4v) is 4.30. The van der Waals surface area contributed by atoms with Crippen LogP contribution in [0.3, 0.4) is 0 Å². The minimum atomic E-state index is 0.0892. The van der Waals surface area contributed by atoms with Crippen molar-refractivity contribution in [1.82, 2.24) is 9.80 Å². The molecule has 0 aliphatic carbocycles. The van der Waals surface area contributed by atoms with E-state index in [4.69, 9.17) is 16.3 Å². The van der Waals surface area contributed by atoms with Gasteiger partial charge in [-0.3, -0.25) is 9.69 Å². The van der Waals surface area contributed by atoms with Crippen molar-refractivity contribution in [3.05, 3.63) is 98.5 Å². The molecule has 1 aliphatic heterocycles. The Morgan fingerprint density at radius 2 is 1.72 bits per heavy atom. The summed E-state index contributed by atoms with van der Waals surface area (Å²) in [4.78, 5) is 17.3. The van der Waals surface area contributed by atoms with E-state index in [-0.39, 0.29) is 5.91 Å². The van der Waals surface area contributed by atoms with Crippen molar-refractivity contribution >= 4 is 33.4 Å². The molecule has 0 N–H and O–H groups in total. The van der Waals surface area contributed by atoms with Crippen LogP contribution >= 0.6 is 27.5 Å². The number of hydrogen-bond donors (Lipinski definition) is 0. The van der Waals surface area contributed by atoms with Crippen LogP contribution in [0.1, 0.15) is 27.0 Å². The van der Waals surface area contributed by atoms with Crippen molar-refractivity contribution < 1.29 is 9.53 Å². The number of carbonyl (C=O) groups is 1. The molecule has 4 nitrogen and oxygen atoms in total. The Morgan fingerprint density at radius 3 is 2.41 bits per heavy atom. The molecule has 0 spiro atoms. The molecule has 1 heterocycles. The molecule has 0 saturated carbocycles. The molecule has 3 aromatic rings. The average Bonchev–Trinajstić information content (AvgIpc) is 2.82. The first kappa shape index (κ1) is 22.8. The third-order valence-electron chi connectivity index (χ3n) is 5.75. The third kappa shape index (κ3) is 5.71. The molecule has 3 aromatic carbocycles. The fraction of sp³-hybridized carbons (Fsp3) is 0.269. The lowest BCUT2D eigenvalue weighted by Crippen LogP contribution is -2.48. The van der Waals surface area contributed by atoms with Crippen molar-refractivity contribution in [2.75, 3.05) is 26.2 Å². The molecule has 1 saturated heterocycles. The van der Waals surface area contributed by atoms with Gasteiger partial charge in [-0.15, -0.1) is 0 Å². The molecule has 4 rings (SSSR count). The zero-order valence-corrected chi connectivity index (χ0v) is 20.4. The lowest BCUT2D eigenvalue weighted by atomic mass is 10.1. The standard InChI is InChI=1S/C26H26BrClN2O2/c1-19-16-23(10-11-25(19)28)32-18-20-6-8-21(9-7-20)26(31)30-14-12-29(13-15-30)17-22-4-2-3-5-24(22)27/h2-11,16H,12-15,17-18H2,1H3. The number of hydrogen-bond acceptors (Lipinski definition) is 3. The van der Waals surface area contributed by atoms with Crippen LogP contribution in [-0.4, -0.2) is 41.9 Å². The zero-order chi connectivity index (χ0) is 22.5. The van der Waals surface area contributed by atoms with Gasteiger partial charge in [-0.1, -0.05) is 57.9 Å². The maximum atomic E-state index is 12.9. The third-order valence-corrected chi connectivity index (χ3v) is 6.94. The Kier molecular flexibility index (Phi) is 7.51. The number of carbonyl (C=O) groups excluding carboxylic acids is 1. The van der Waals surface area contributed by atoms with Gasteiger partial charge in [0.05, 0.1) is 0 Å². The van der Waals surface area contributed by atoms with Crippen LogP contribution in [0.25, 0.3) is 0 Å². The van der Waals surface area contributed by atoms with Crippen LogP contribution in [0.15, 0.2) is 71.2 Å². The Morgan fingerprint density at radius 1 is 1.00 bits per heavy atom. The van der Waals surface area contributed by atoms with Crippen LogP contribution in [0.5, 0.6) is 5.75 Å². The van der Waals surface area contributed by atoms with E-state index >= 15 is 0 Å². The van der Waals surface area contributed by atoms with E-state index in [1.54, 1.807) is 0 Å². The quantitative estimate of drug-likeness (QED) is 0.408. The van der Waals surface area contributed by atoms with E-state index in [9.17, 15) is 4.79 Å². The molecule has 1 amide bonds. The van der Waals surface area contributed by atoms with Gasteiger partial charge >= 0.3 is 0 Å². The molecular weight excluding hydrogens is 488 g/mol. The normalized spacial score (nSPS) is 14.4. The molecule has 1 aliphatic rings. The number of rotatable bonds is 6. The molecule has 0 bridgehead atoms. The van der Waals surface area contributed by atoms with Crippen LogP contribution < -0.4 is 4.74 Å². The summed E-state index contributed by atoms with van der Waals surface area (Å²) in [7, 11) is 0. The van der Waals surface area contributed by atoms with E-state index in [2.05, 4.69) is 39.0 Å². The van der Waals surface area contributed by atoms with Crippen molar-refractivity contribution in [1.29, 1.82) is 0 Å². The van der Waals surface area contributed by atoms with Gasteiger partial charge in [-0.25, -0.2) is 0 Å². The number of halogens is 2. The highest BCUT2D eigenvalue weighted by molar-refractivity contribution is 9.10. The van der Waals surface area contributed by atoms with Crippen LogP contribution in [0.4, 0.5) is 0 Å². The molecule has 6 heteroatoms. The molecule has 166 valence electrons. The maximum absolute atomic E-state index is 12.9. The number of aryl methyl sites for hydroxylation is 1. The highest BCUT2D eigenvalue weighted by Crippen LogP contribution is 2.22. The monoisotopic (exact) mass is 512 g/mol. The Labute approximate surface area is 202 Å². The second-order valence-electron chi connectivity index (χ2n) is 8.06. The lowest BCUT2D eigenvalue weighted by molar-refractivity contribution is 0.0628. The first-order valence-electron chi connectivity index (χ1n) is 10.7. The first-order valence-corrected chi connectivity index (χ1v) is 11.9. The topological polar surface area (TPSA) is 32.8 Å². The molecule has 0 unspecified atom stereocenters. The average molecular weight is 514 g/mol. The van der Waals surface area contributed by atoms with Gasteiger partial charge in [0, 0.05) is 47.8 Å². The van der Waals surface area contributed by atoms with E-state index in [0.29, 0.717) is 6.61 Å². The summed E-state index contributed by atoms with van der Waals surface area (Å²) in [6.45, 7) is 6.53.